The predicted molar refractivity (Wildman–Crippen MR) is 101 cm³/mol. The number of piperidine rings is 1. The van der Waals surface area contributed by atoms with Crippen molar-refractivity contribution in [3.8, 4) is 34.0 Å². The molecule has 8 heteroatoms. The minimum Gasteiger partial charge on any atom is -0.507 e. The first-order valence-corrected chi connectivity index (χ1v) is 9.40. The van der Waals surface area contributed by atoms with Crippen LogP contribution in [0.2, 0.25) is 0 Å². The molecule has 3 aromatic rings. The molecule has 0 unspecified atom stereocenters. The number of phenolic OH excluding ortho intramolecular Hbond substituents is 1. The van der Waals surface area contributed by atoms with Gasteiger partial charge in [0.2, 0.25) is 5.88 Å². The summed E-state index contributed by atoms with van der Waals surface area (Å²) in [6.45, 7) is 0. The molecule has 0 amide bonds. The van der Waals surface area contributed by atoms with Crippen LogP contribution in [0.5, 0.6) is 11.6 Å². The average Bonchev–Trinajstić information content (AvgIpc) is 3.37. The lowest BCUT2D eigenvalue weighted by molar-refractivity contribution is 0.0422. The van der Waals surface area contributed by atoms with Gasteiger partial charge in [0, 0.05) is 41.9 Å². The third-order valence-corrected chi connectivity index (χ3v) is 5.55. The van der Waals surface area contributed by atoms with E-state index in [1.54, 1.807) is 36.7 Å². The smallest absolute Gasteiger partial charge is 0.233 e. The number of fused-ring (bicyclic) bond motifs is 2. The Hall–Kier alpha value is -3.00. The second-order valence-corrected chi connectivity index (χ2v) is 7.36. The lowest BCUT2D eigenvalue weighted by atomic mass is 10.0. The number of nitrogens with one attached hydrogen (secondary N) is 2. The average molecular weight is 381 g/mol. The quantitative estimate of drug-likeness (QED) is 0.643. The minimum atomic E-state index is -1.04. The van der Waals surface area contributed by atoms with Crippen molar-refractivity contribution in [1.82, 2.24) is 25.7 Å². The predicted octanol–water partition coefficient (Wildman–Crippen LogP) is 2.85. The molecule has 2 saturated heterocycles. The van der Waals surface area contributed by atoms with Crippen LogP contribution in [0.4, 0.5) is 4.39 Å². The van der Waals surface area contributed by atoms with Crippen LogP contribution in [-0.2, 0) is 0 Å². The molecule has 0 radical (unpaired) electrons. The number of phenols is 1. The van der Waals surface area contributed by atoms with Crippen LogP contribution in [-0.4, -0.2) is 49.9 Å². The monoisotopic (exact) mass is 381 g/mol. The number of ether oxygens (including phenoxy) is 1. The van der Waals surface area contributed by atoms with Crippen molar-refractivity contribution in [1.29, 1.82) is 0 Å². The van der Waals surface area contributed by atoms with E-state index in [4.69, 9.17) is 4.74 Å². The van der Waals surface area contributed by atoms with E-state index in [0.717, 1.165) is 24.0 Å². The summed E-state index contributed by atoms with van der Waals surface area (Å²) < 4.78 is 20.3. The van der Waals surface area contributed by atoms with E-state index in [9.17, 15) is 9.50 Å². The fraction of sp³-hybridized carbons (Fsp3) is 0.350. The maximum atomic E-state index is 14.5. The van der Waals surface area contributed by atoms with E-state index in [1.807, 2.05) is 6.07 Å². The number of aromatic hydroxyl groups is 1. The Morgan fingerprint density at radius 2 is 2.04 bits per heavy atom. The number of aromatic nitrogens is 4. The Kier molecular flexibility index (Phi) is 4.20. The molecule has 2 aromatic heterocycles. The zero-order valence-corrected chi connectivity index (χ0v) is 15.0. The third-order valence-electron chi connectivity index (χ3n) is 5.55. The van der Waals surface area contributed by atoms with Gasteiger partial charge in [0.25, 0.3) is 0 Å². The molecule has 4 heterocycles. The van der Waals surface area contributed by atoms with Gasteiger partial charge in [0.05, 0.1) is 11.9 Å². The summed E-state index contributed by atoms with van der Waals surface area (Å²) in [4.78, 5) is 0. The first-order chi connectivity index (χ1) is 13.7. The second kappa shape index (κ2) is 6.87. The molecule has 2 aliphatic rings. The number of hydrogen-bond acceptors (Lipinski definition) is 6. The van der Waals surface area contributed by atoms with Gasteiger partial charge in [-0.2, -0.15) is 5.10 Å². The number of hydrogen-bond donors (Lipinski definition) is 3. The SMILES string of the molecule is Oc1cc(-c2cn[nH]c2)ccc1-c1ccc(O[C@@H]2C[C@H]3CC[C@H](N3)[C@@H]2F)nn1. The van der Waals surface area contributed by atoms with E-state index in [2.05, 4.69) is 25.7 Å². The van der Waals surface area contributed by atoms with E-state index in [-0.39, 0.29) is 11.8 Å². The number of rotatable bonds is 4. The Morgan fingerprint density at radius 3 is 2.79 bits per heavy atom. The minimum absolute atomic E-state index is 0.0976. The first-order valence-electron chi connectivity index (χ1n) is 9.40. The van der Waals surface area contributed by atoms with E-state index >= 15 is 0 Å². The number of alkyl halides is 1. The first kappa shape index (κ1) is 17.1. The van der Waals surface area contributed by atoms with E-state index < -0.39 is 12.3 Å². The van der Waals surface area contributed by atoms with Gasteiger partial charge in [0.15, 0.2) is 6.17 Å². The van der Waals surface area contributed by atoms with Crippen molar-refractivity contribution in [2.75, 3.05) is 0 Å². The molecule has 2 bridgehead atoms. The van der Waals surface area contributed by atoms with Crippen LogP contribution in [0.25, 0.3) is 22.4 Å². The molecule has 5 rings (SSSR count). The third kappa shape index (κ3) is 3.09. The molecule has 4 atom stereocenters. The van der Waals surface area contributed by atoms with Crippen molar-refractivity contribution in [3.63, 3.8) is 0 Å². The van der Waals surface area contributed by atoms with Gasteiger partial charge in [-0.05, 0) is 36.6 Å². The molecular weight excluding hydrogens is 361 g/mol. The lowest BCUT2D eigenvalue weighted by Crippen LogP contribution is -2.51. The van der Waals surface area contributed by atoms with Crippen LogP contribution < -0.4 is 10.1 Å². The highest BCUT2D eigenvalue weighted by Gasteiger charge is 2.43. The molecule has 7 nitrogen and oxygen atoms in total. The van der Waals surface area contributed by atoms with E-state index in [0.29, 0.717) is 29.6 Å². The van der Waals surface area contributed by atoms with Crippen LogP contribution in [0, 0.1) is 0 Å². The Morgan fingerprint density at radius 1 is 1.11 bits per heavy atom. The largest absolute Gasteiger partial charge is 0.507 e. The standard InChI is InChI=1S/C20H20FN5O2/c21-20-16-4-2-13(24-16)8-18(20)28-19-6-5-15(25-26-19)14-3-1-11(7-17(14)27)12-9-22-23-10-12/h1,3,5-7,9-10,13,16,18,20,24,27H,2,4,8H2,(H,22,23)/t13-,16+,18-,20+/m1/s1. The van der Waals surface area contributed by atoms with Gasteiger partial charge >= 0.3 is 0 Å². The summed E-state index contributed by atoms with van der Waals surface area (Å²) in [6.07, 6.45) is 4.38. The summed E-state index contributed by atoms with van der Waals surface area (Å²) in [5, 5.41) is 28.6. The summed E-state index contributed by atoms with van der Waals surface area (Å²) in [7, 11) is 0. The van der Waals surface area contributed by atoms with Gasteiger partial charge in [-0.15, -0.1) is 10.2 Å². The summed E-state index contributed by atoms with van der Waals surface area (Å²) in [6, 6.07) is 8.90. The number of H-pyrrole nitrogens is 1. The zero-order chi connectivity index (χ0) is 19.1. The van der Waals surface area contributed by atoms with Gasteiger partial charge < -0.3 is 15.2 Å². The molecule has 0 aliphatic carbocycles. The fourth-order valence-corrected chi connectivity index (χ4v) is 4.09. The van der Waals surface area contributed by atoms with E-state index in [1.165, 1.54) is 0 Å². The van der Waals surface area contributed by atoms with Gasteiger partial charge in [-0.1, -0.05) is 6.07 Å². The summed E-state index contributed by atoms with van der Waals surface area (Å²) >= 11 is 0. The number of aromatic amines is 1. The molecule has 144 valence electrons. The van der Waals surface area contributed by atoms with Gasteiger partial charge in [0.1, 0.15) is 11.9 Å². The van der Waals surface area contributed by atoms with Crippen LogP contribution in [0.15, 0.2) is 42.7 Å². The van der Waals surface area contributed by atoms with Crippen molar-refractivity contribution >= 4 is 0 Å². The molecule has 3 N–H and O–H groups in total. The topological polar surface area (TPSA) is 96.0 Å². The van der Waals surface area contributed by atoms with Crippen LogP contribution in [0.1, 0.15) is 19.3 Å². The highest BCUT2D eigenvalue weighted by atomic mass is 19.1. The van der Waals surface area contributed by atoms with Crippen molar-refractivity contribution < 1.29 is 14.2 Å². The summed E-state index contributed by atoms with van der Waals surface area (Å²) in [5.41, 5.74) is 2.81. The zero-order valence-electron chi connectivity index (χ0n) is 15.0. The molecular formula is C20H20FN5O2. The Balaban J connectivity index is 1.32. The number of halogens is 1. The second-order valence-electron chi connectivity index (χ2n) is 7.36. The van der Waals surface area contributed by atoms with Crippen molar-refractivity contribution in [2.45, 2.75) is 43.6 Å². The molecule has 0 saturated carbocycles. The Labute approximate surface area is 161 Å². The summed E-state index contributed by atoms with van der Waals surface area (Å²) in [5.74, 6) is 0.396. The fourth-order valence-electron chi connectivity index (χ4n) is 4.09. The molecule has 2 fully saturated rings. The molecule has 0 spiro atoms. The number of nitrogens with zero attached hydrogens (tertiary/aromatic N) is 3. The molecule has 28 heavy (non-hydrogen) atoms. The number of benzene rings is 1. The van der Waals surface area contributed by atoms with Crippen molar-refractivity contribution in [3.05, 3.63) is 42.7 Å². The van der Waals surface area contributed by atoms with Crippen LogP contribution >= 0.6 is 0 Å². The maximum Gasteiger partial charge on any atom is 0.233 e. The Bertz CT molecular complexity index is 963. The highest BCUT2D eigenvalue weighted by molar-refractivity contribution is 5.73. The highest BCUT2D eigenvalue weighted by Crippen LogP contribution is 2.34. The van der Waals surface area contributed by atoms with Gasteiger partial charge in [-0.25, -0.2) is 4.39 Å². The maximum absolute atomic E-state index is 14.5. The van der Waals surface area contributed by atoms with Crippen molar-refractivity contribution in [2.24, 2.45) is 0 Å². The lowest BCUT2D eigenvalue weighted by Gasteiger charge is -2.32. The normalized spacial score (nSPS) is 26.3. The molecule has 2 aliphatic heterocycles. The molecule has 1 aromatic carbocycles. The van der Waals surface area contributed by atoms with Gasteiger partial charge in [-0.3, -0.25) is 5.10 Å². The van der Waals surface area contributed by atoms with Crippen LogP contribution in [0.3, 0.4) is 0 Å².